The largest absolute Gasteiger partial charge is 0.288 e. The lowest BCUT2D eigenvalue weighted by molar-refractivity contribution is 1.33. The highest BCUT2D eigenvalue weighted by molar-refractivity contribution is 7.26. The maximum absolute atomic E-state index is 12.8. The molecule has 2 aromatic rings. The van der Waals surface area contributed by atoms with Gasteiger partial charge < -0.3 is 0 Å². The van der Waals surface area contributed by atoms with Gasteiger partial charge in [0.05, 0.1) is 9.06 Å². The molecule has 0 atom stereocenters. The van der Waals surface area contributed by atoms with E-state index in [2.05, 4.69) is 4.99 Å². The third-order valence-electron chi connectivity index (χ3n) is 3.49. The van der Waals surface area contributed by atoms with Crippen molar-refractivity contribution in [3.05, 3.63) is 73.2 Å². The van der Waals surface area contributed by atoms with Crippen molar-refractivity contribution in [2.45, 2.75) is 0 Å². The van der Waals surface area contributed by atoms with Crippen LogP contribution in [0, 0.1) is 20.5 Å². The number of benzene rings is 2. The predicted octanol–water partition coefficient (Wildman–Crippen LogP) is 3.58. The maximum atomic E-state index is 12.8. The zero-order chi connectivity index (χ0) is 15.1. The quantitative estimate of drug-likeness (QED) is 0.465. The van der Waals surface area contributed by atoms with E-state index in [0.717, 1.165) is 19.3 Å². The molecule has 0 radical (unpaired) electrons. The van der Waals surface area contributed by atoms with Crippen molar-refractivity contribution in [2.24, 2.45) is 4.99 Å². The van der Waals surface area contributed by atoms with E-state index in [1.165, 1.54) is 22.7 Å². The maximum Gasteiger partial charge on any atom is 0.206 e. The lowest BCUT2D eigenvalue weighted by Gasteiger charge is -2.01. The molecular weight excluding hydrogens is 312 g/mol. The molecule has 0 amide bonds. The number of rotatable bonds is 0. The molecule has 0 saturated heterocycles. The normalized spacial score (nSPS) is 12.0. The average molecular weight is 320 g/mol. The summed E-state index contributed by atoms with van der Waals surface area (Å²) in [4.78, 5) is 16.8. The second-order valence-corrected chi connectivity index (χ2v) is 6.85. The summed E-state index contributed by atoms with van der Waals surface area (Å²) in [7, 11) is 0. The topological polar surface area (TPSA) is 53.2 Å². The van der Waals surface area contributed by atoms with Gasteiger partial charge in [-0.1, -0.05) is 36.4 Å². The summed E-state index contributed by atoms with van der Waals surface area (Å²) < 4.78 is 3.60. The first-order valence-corrected chi connectivity index (χ1v) is 8.23. The van der Waals surface area contributed by atoms with Crippen LogP contribution < -0.4 is 10.8 Å². The van der Waals surface area contributed by atoms with Crippen LogP contribution in [0.1, 0.15) is 0 Å². The molecule has 0 unspecified atom stereocenters. The SMILES string of the molecule is N#CN=c1c2sc3ccccc3sc=2c(=O)c2ccccc12. The van der Waals surface area contributed by atoms with E-state index in [0.29, 0.717) is 15.3 Å². The first-order valence-electron chi connectivity index (χ1n) is 6.60. The molecule has 0 bridgehead atoms. The summed E-state index contributed by atoms with van der Waals surface area (Å²) in [5.41, 5.74) is 0.00879. The van der Waals surface area contributed by atoms with Crippen LogP contribution in [-0.2, 0) is 0 Å². The molecule has 0 fully saturated rings. The van der Waals surface area contributed by atoms with Gasteiger partial charge in [0.1, 0.15) is 5.36 Å². The minimum Gasteiger partial charge on any atom is -0.288 e. The highest BCUT2D eigenvalue weighted by Crippen LogP contribution is 2.24. The van der Waals surface area contributed by atoms with Crippen LogP contribution in [-0.4, -0.2) is 0 Å². The van der Waals surface area contributed by atoms with E-state index < -0.39 is 0 Å². The highest BCUT2D eigenvalue weighted by atomic mass is 32.1. The first kappa shape index (κ1) is 13.1. The smallest absolute Gasteiger partial charge is 0.206 e. The van der Waals surface area contributed by atoms with Crippen molar-refractivity contribution in [1.82, 2.24) is 0 Å². The van der Waals surface area contributed by atoms with Gasteiger partial charge in [-0.05, 0) is 12.1 Å². The fourth-order valence-electron chi connectivity index (χ4n) is 2.53. The van der Waals surface area contributed by atoms with Gasteiger partial charge in [-0.15, -0.1) is 22.7 Å². The second kappa shape index (κ2) is 5.02. The summed E-state index contributed by atoms with van der Waals surface area (Å²) in [6.07, 6.45) is 1.87. The summed E-state index contributed by atoms with van der Waals surface area (Å²) in [6, 6.07) is 15.3. The molecule has 1 heterocycles. The third kappa shape index (κ3) is 1.86. The average Bonchev–Trinajstić information content (AvgIpc) is 2.57. The van der Waals surface area contributed by atoms with Gasteiger partial charge in [0, 0.05) is 20.2 Å². The zero-order valence-corrected chi connectivity index (χ0v) is 12.9. The fraction of sp³-hybridized carbons (Fsp3) is 0. The molecule has 104 valence electrons. The fourth-order valence-corrected chi connectivity index (χ4v) is 4.93. The minimum absolute atomic E-state index is 0.00879. The standard InChI is InChI=1S/C17H8N2OS2/c18-9-19-14-10-5-1-2-6-11(10)15(20)17-16(14)21-12-7-3-4-8-13(12)22-17/h1-8H. The van der Waals surface area contributed by atoms with Crippen LogP contribution in [0.2, 0.25) is 0 Å². The number of hydrogen-bond donors (Lipinski definition) is 0. The van der Waals surface area contributed by atoms with Gasteiger partial charge in [-0.3, -0.25) is 4.79 Å². The van der Waals surface area contributed by atoms with Gasteiger partial charge in [-0.25, -0.2) is 0 Å². The Labute approximate surface area is 132 Å². The number of hydrogen-bond acceptors (Lipinski definition) is 5. The Balaban J connectivity index is 2.47. The Morgan fingerprint density at radius 1 is 0.864 bits per heavy atom. The first-order chi connectivity index (χ1) is 10.8. The molecule has 2 aromatic carbocycles. The number of fused-ring (bicyclic) bond motifs is 2. The Hall–Kier alpha value is -2.55. The molecule has 0 aromatic heterocycles. The summed E-state index contributed by atoms with van der Waals surface area (Å²) in [5, 5.41) is 11.0. The van der Waals surface area contributed by atoms with Gasteiger partial charge in [-0.2, -0.15) is 10.3 Å². The van der Waals surface area contributed by atoms with E-state index in [1.807, 2.05) is 48.7 Å². The Kier molecular flexibility index (Phi) is 3.00. The van der Waals surface area contributed by atoms with Crippen molar-refractivity contribution in [3.63, 3.8) is 0 Å². The molecule has 4 rings (SSSR count). The molecule has 22 heavy (non-hydrogen) atoms. The molecule has 0 spiro atoms. The van der Waals surface area contributed by atoms with E-state index in [9.17, 15) is 4.79 Å². The van der Waals surface area contributed by atoms with E-state index in [4.69, 9.17) is 5.26 Å². The van der Waals surface area contributed by atoms with E-state index in [-0.39, 0.29) is 5.43 Å². The van der Waals surface area contributed by atoms with Crippen molar-refractivity contribution in [2.75, 3.05) is 0 Å². The molecular formula is C17H8N2OS2. The lowest BCUT2D eigenvalue weighted by Crippen LogP contribution is -2.14. The van der Waals surface area contributed by atoms with Gasteiger partial charge in [0.2, 0.25) is 11.6 Å². The number of nitriles is 1. The van der Waals surface area contributed by atoms with Crippen molar-refractivity contribution in [1.29, 1.82) is 5.26 Å². The minimum atomic E-state index is 0.00879. The predicted molar refractivity (Wildman–Crippen MR) is 90.0 cm³/mol. The van der Waals surface area contributed by atoms with Crippen LogP contribution in [0.5, 0.6) is 0 Å². The molecule has 1 aliphatic heterocycles. The van der Waals surface area contributed by atoms with Crippen molar-refractivity contribution < 1.29 is 0 Å². The Bertz CT molecular complexity index is 1260. The summed E-state index contributed by atoms with van der Waals surface area (Å²) in [5.74, 6) is 0. The Morgan fingerprint density at radius 3 is 2.14 bits per heavy atom. The van der Waals surface area contributed by atoms with Crippen LogP contribution >= 0.6 is 22.7 Å². The molecule has 0 saturated carbocycles. The van der Waals surface area contributed by atoms with Gasteiger partial charge in [0.15, 0.2) is 0 Å². The molecule has 1 aliphatic carbocycles. The van der Waals surface area contributed by atoms with Crippen LogP contribution in [0.15, 0.2) is 58.3 Å². The number of nitrogens with zero attached hydrogens (tertiary/aromatic N) is 2. The lowest BCUT2D eigenvalue weighted by atomic mass is 10.1. The second-order valence-electron chi connectivity index (χ2n) is 4.74. The monoisotopic (exact) mass is 320 g/mol. The highest BCUT2D eigenvalue weighted by Gasteiger charge is 2.08. The van der Waals surface area contributed by atoms with Crippen LogP contribution in [0.25, 0.3) is 20.2 Å². The van der Waals surface area contributed by atoms with Gasteiger partial charge >= 0.3 is 0 Å². The van der Waals surface area contributed by atoms with Crippen LogP contribution in [0.3, 0.4) is 0 Å². The molecule has 0 N–H and O–H groups in total. The third-order valence-corrected chi connectivity index (χ3v) is 6.09. The van der Waals surface area contributed by atoms with Crippen molar-refractivity contribution >= 4 is 42.8 Å². The van der Waals surface area contributed by atoms with E-state index in [1.54, 1.807) is 6.07 Å². The Morgan fingerprint density at radius 2 is 1.45 bits per heavy atom. The summed E-state index contributed by atoms with van der Waals surface area (Å²) >= 11 is 2.97. The van der Waals surface area contributed by atoms with Gasteiger partial charge in [0.25, 0.3) is 0 Å². The van der Waals surface area contributed by atoms with E-state index >= 15 is 0 Å². The van der Waals surface area contributed by atoms with Crippen LogP contribution in [0.4, 0.5) is 0 Å². The zero-order valence-electron chi connectivity index (χ0n) is 11.2. The molecule has 3 nitrogen and oxygen atoms in total. The molecule has 5 heteroatoms. The summed E-state index contributed by atoms with van der Waals surface area (Å²) in [6.45, 7) is 0. The van der Waals surface area contributed by atoms with Crippen molar-refractivity contribution in [3.8, 4) is 6.19 Å². The molecule has 2 aliphatic rings.